The zero-order valence-electron chi connectivity index (χ0n) is 9.18. The average Bonchev–Trinajstić information content (AvgIpc) is 2.03. The second-order valence-corrected chi connectivity index (χ2v) is 4.79. The smallest absolute Gasteiger partial charge is 0.0705 e. The van der Waals surface area contributed by atoms with Gasteiger partial charge in [-0.05, 0) is 24.7 Å². The Morgan fingerprint density at radius 2 is 2.15 bits per heavy atom. The molecule has 0 radical (unpaired) electrons. The van der Waals surface area contributed by atoms with Crippen LogP contribution < -0.4 is 5.48 Å². The van der Waals surface area contributed by atoms with Gasteiger partial charge in [-0.2, -0.15) is 5.48 Å². The largest absolute Gasteiger partial charge is 0.301 e. The van der Waals surface area contributed by atoms with Gasteiger partial charge in [0.2, 0.25) is 0 Å². The monoisotopic (exact) mass is 185 g/mol. The van der Waals surface area contributed by atoms with Gasteiger partial charge in [-0.1, -0.05) is 33.6 Å². The number of hydroxylamine groups is 1. The van der Waals surface area contributed by atoms with Crippen molar-refractivity contribution in [3.63, 3.8) is 0 Å². The molecule has 1 aliphatic rings. The predicted octanol–water partition coefficient (Wildman–Crippen LogP) is 2.74. The Balaban J connectivity index is 2.06. The summed E-state index contributed by atoms with van der Waals surface area (Å²) in [5.74, 6) is 1.49. The van der Waals surface area contributed by atoms with Gasteiger partial charge in [0.1, 0.15) is 0 Å². The van der Waals surface area contributed by atoms with Crippen LogP contribution in [-0.2, 0) is 4.84 Å². The predicted molar refractivity (Wildman–Crippen MR) is 55.3 cm³/mol. The second-order valence-electron chi connectivity index (χ2n) is 4.79. The first kappa shape index (κ1) is 11.0. The molecule has 0 aromatic carbocycles. The topological polar surface area (TPSA) is 21.3 Å². The van der Waals surface area contributed by atoms with Crippen LogP contribution in [0.5, 0.6) is 0 Å². The highest BCUT2D eigenvalue weighted by molar-refractivity contribution is 4.72. The summed E-state index contributed by atoms with van der Waals surface area (Å²) in [6.45, 7) is 7.50. The minimum Gasteiger partial charge on any atom is -0.301 e. The lowest BCUT2D eigenvalue weighted by atomic mass is 9.87. The second kappa shape index (κ2) is 5.61. The van der Waals surface area contributed by atoms with Crippen molar-refractivity contribution >= 4 is 0 Å². The Bertz CT molecular complexity index is 136. The summed E-state index contributed by atoms with van der Waals surface area (Å²) in [6.07, 6.45) is 5.30. The molecule has 2 atom stereocenters. The van der Waals surface area contributed by atoms with Gasteiger partial charge in [-0.15, -0.1) is 0 Å². The van der Waals surface area contributed by atoms with E-state index in [9.17, 15) is 0 Å². The third-order valence-corrected chi connectivity index (χ3v) is 2.60. The number of nitrogens with one attached hydrogen (secondary N) is 1. The molecule has 1 fully saturated rings. The summed E-state index contributed by atoms with van der Waals surface area (Å²) >= 11 is 0. The molecule has 0 amide bonds. The first-order valence-corrected chi connectivity index (χ1v) is 5.55. The lowest BCUT2D eigenvalue weighted by molar-refractivity contribution is -0.0110. The lowest BCUT2D eigenvalue weighted by Gasteiger charge is -2.27. The molecule has 2 nitrogen and oxygen atoms in total. The van der Waals surface area contributed by atoms with Crippen LogP contribution in [-0.4, -0.2) is 12.6 Å². The van der Waals surface area contributed by atoms with Gasteiger partial charge in [0.15, 0.2) is 0 Å². The highest BCUT2D eigenvalue weighted by Gasteiger charge is 2.18. The fourth-order valence-electron chi connectivity index (χ4n) is 1.87. The summed E-state index contributed by atoms with van der Waals surface area (Å²) in [6, 6.07) is 0.600. The van der Waals surface area contributed by atoms with Crippen LogP contribution in [0.25, 0.3) is 0 Å². The van der Waals surface area contributed by atoms with Crippen LogP contribution in [0.15, 0.2) is 0 Å². The van der Waals surface area contributed by atoms with Crippen molar-refractivity contribution in [2.45, 2.75) is 52.5 Å². The fraction of sp³-hybridized carbons (Fsp3) is 1.00. The summed E-state index contributed by atoms with van der Waals surface area (Å²) < 4.78 is 0. The first-order chi connectivity index (χ1) is 6.18. The normalized spacial score (nSPS) is 29.5. The van der Waals surface area contributed by atoms with Crippen molar-refractivity contribution in [2.24, 2.45) is 11.8 Å². The number of hydrogen-bond donors (Lipinski definition) is 1. The SMILES string of the molecule is CC(C)CONC1CCCC(C)C1. The zero-order valence-corrected chi connectivity index (χ0v) is 9.18. The van der Waals surface area contributed by atoms with E-state index in [0.717, 1.165) is 12.5 Å². The molecular formula is C11H23NO. The van der Waals surface area contributed by atoms with Crippen LogP contribution in [0.2, 0.25) is 0 Å². The summed E-state index contributed by atoms with van der Waals surface area (Å²) in [4.78, 5) is 5.43. The van der Waals surface area contributed by atoms with Crippen molar-refractivity contribution in [3.05, 3.63) is 0 Å². The molecule has 13 heavy (non-hydrogen) atoms. The van der Waals surface area contributed by atoms with Crippen molar-refractivity contribution < 1.29 is 4.84 Å². The molecule has 0 spiro atoms. The van der Waals surface area contributed by atoms with E-state index in [4.69, 9.17) is 4.84 Å². The van der Waals surface area contributed by atoms with Gasteiger partial charge >= 0.3 is 0 Å². The first-order valence-electron chi connectivity index (χ1n) is 5.55. The quantitative estimate of drug-likeness (QED) is 0.680. The van der Waals surface area contributed by atoms with E-state index in [1.54, 1.807) is 0 Å². The molecule has 0 aromatic rings. The third-order valence-electron chi connectivity index (χ3n) is 2.60. The third kappa shape index (κ3) is 4.63. The van der Waals surface area contributed by atoms with Crippen LogP contribution in [0.1, 0.15) is 46.5 Å². The Morgan fingerprint density at radius 3 is 2.77 bits per heavy atom. The highest BCUT2D eigenvalue weighted by Crippen LogP contribution is 2.23. The Kier molecular flexibility index (Phi) is 4.74. The van der Waals surface area contributed by atoms with Crippen LogP contribution in [0.3, 0.4) is 0 Å². The van der Waals surface area contributed by atoms with E-state index in [-0.39, 0.29) is 0 Å². The summed E-state index contributed by atoms with van der Waals surface area (Å²) in [5, 5.41) is 0. The molecule has 0 aromatic heterocycles. The summed E-state index contributed by atoms with van der Waals surface area (Å²) in [5.41, 5.74) is 3.18. The Labute approximate surface area is 82.0 Å². The number of hydrogen-bond acceptors (Lipinski definition) is 2. The van der Waals surface area contributed by atoms with E-state index >= 15 is 0 Å². The Hall–Kier alpha value is -0.0800. The molecule has 1 N–H and O–H groups in total. The van der Waals surface area contributed by atoms with Crippen molar-refractivity contribution in [2.75, 3.05) is 6.61 Å². The molecule has 2 unspecified atom stereocenters. The zero-order chi connectivity index (χ0) is 9.68. The van der Waals surface area contributed by atoms with Crippen LogP contribution in [0.4, 0.5) is 0 Å². The molecule has 0 aliphatic heterocycles. The molecule has 1 aliphatic carbocycles. The van der Waals surface area contributed by atoms with E-state index in [0.29, 0.717) is 12.0 Å². The molecule has 1 saturated carbocycles. The van der Waals surface area contributed by atoms with Gasteiger partial charge in [-0.3, -0.25) is 0 Å². The lowest BCUT2D eigenvalue weighted by Crippen LogP contribution is -2.34. The molecule has 2 heteroatoms. The average molecular weight is 185 g/mol. The van der Waals surface area contributed by atoms with Gasteiger partial charge < -0.3 is 4.84 Å². The van der Waals surface area contributed by atoms with Gasteiger partial charge in [0.05, 0.1) is 6.61 Å². The maximum Gasteiger partial charge on any atom is 0.0705 e. The van der Waals surface area contributed by atoms with Crippen LogP contribution >= 0.6 is 0 Å². The minimum absolute atomic E-state index is 0.600. The van der Waals surface area contributed by atoms with Gasteiger partial charge in [-0.25, -0.2) is 0 Å². The van der Waals surface area contributed by atoms with Crippen molar-refractivity contribution in [1.29, 1.82) is 0 Å². The fourth-order valence-corrected chi connectivity index (χ4v) is 1.87. The standard InChI is InChI=1S/C11H23NO/c1-9(2)8-13-12-11-6-4-5-10(3)7-11/h9-12H,4-8H2,1-3H3. The molecule has 1 rings (SSSR count). The maximum absolute atomic E-state index is 5.43. The Morgan fingerprint density at radius 1 is 1.38 bits per heavy atom. The molecule has 0 saturated heterocycles. The molecule has 78 valence electrons. The number of rotatable bonds is 4. The van der Waals surface area contributed by atoms with Crippen LogP contribution in [0, 0.1) is 11.8 Å². The summed E-state index contributed by atoms with van der Waals surface area (Å²) in [7, 11) is 0. The minimum atomic E-state index is 0.600. The maximum atomic E-state index is 5.43. The van der Waals surface area contributed by atoms with Gasteiger partial charge in [0, 0.05) is 6.04 Å². The van der Waals surface area contributed by atoms with E-state index < -0.39 is 0 Å². The van der Waals surface area contributed by atoms with E-state index in [2.05, 4.69) is 26.3 Å². The van der Waals surface area contributed by atoms with Crippen molar-refractivity contribution in [1.82, 2.24) is 5.48 Å². The van der Waals surface area contributed by atoms with Gasteiger partial charge in [0.25, 0.3) is 0 Å². The van der Waals surface area contributed by atoms with E-state index in [1.165, 1.54) is 25.7 Å². The van der Waals surface area contributed by atoms with E-state index in [1.807, 2.05) is 0 Å². The molecule has 0 heterocycles. The molecule has 0 bridgehead atoms. The van der Waals surface area contributed by atoms with Crippen molar-refractivity contribution in [3.8, 4) is 0 Å². The highest BCUT2D eigenvalue weighted by atomic mass is 16.6. The molecular weight excluding hydrogens is 162 g/mol.